The number of anilines is 1. The van der Waals surface area contributed by atoms with Gasteiger partial charge >= 0.3 is 5.95 Å². The zero-order valence-corrected chi connectivity index (χ0v) is 6.32. The molecule has 1 aromatic rings. The zero-order valence-electron chi connectivity index (χ0n) is 6.32. The van der Waals surface area contributed by atoms with Crippen LogP contribution in [0.1, 0.15) is 0 Å². The molecule has 5 nitrogen and oxygen atoms in total. The van der Waals surface area contributed by atoms with Gasteiger partial charge in [0.2, 0.25) is 0 Å². The van der Waals surface area contributed by atoms with E-state index >= 15 is 0 Å². The molecule has 1 heterocycles. The van der Waals surface area contributed by atoms with Crippen LogP contribution in [0.2, 0.25) is 0 Å². The monoisotopic (exact) mass is 157 g/mol. The van der Waals surface area contributed by atoms with Gasteiger partial charge in [-0.1, -0.05) is 5.16 Å². The average molecular weight is 157 g/mol. The molecule has 0 aliphatic heterocycles. The van der Waals surface area contributed by atoms with Gasteiger partial charge in [-0.15, -0.1) is 0 Å². The molecular weight excluding hydrogens is 146 g/mol. The highest BCUT2D eigenvalue weighted by molar-refractivity contribution is 5.50. The number of hydrogen-bond donors (Lipinski definition) is 2. The fourth-order valence-electron chi connectivity index (χ4n) is 0.804. The van der Waals surface area contributed by atoms with Crippen LogP contribution in [-0.2, 0) is 0 Å². The molecule has 0 radical (unpaired) electrons. The smallest absolute Gasteiger partial charge is 0.332 e. The molecule has 0 aliphatic carbocycles. The Morgan fingerprint density at radius 3 is 3.00 bits per heavy atom. The van der Waals surface area contributed by atoms with Gasteiger partial charge in [0.15, 0.2) is 0 Å². The normalized spacial score (nSPS) is 10.0. The maximum absolute atomic E-state index is 9.04. The van der Waals surface area contributed by atoms with Crippen molar-refractivity contribution in [2.45, 2.75) is 0 Å². The Balaban J connectivity index is 2.67. The summed E-state index contributed by atoms with van der Waals surface area (Å²) in [6, 6.07) is 0. The van der Waals surface area contributed by atoms with Gasteiger partial charge < -0.3 is 20.3 Å². The summed E-state index contributed by atoms with van der Waals surface area (Å²) in [6.45, 7) is 1.19. The first-order chi connectivity index (χ1) is 5.25. The summed E-state index contributed by atoms with van der Waals surface area (Å²) in [6.07, 6.45) is 1.45. The standard InChI is InChI=1S/C6H11N3O2/c1-9(3-2-7)5-4-8-11-6(5)10/h4,10H,2-3,7H2,1H3. The van der Waals surface area contributed by atoms with Gasteiger partial charge in [0.1, 0.15) is 5.69 Å². The Morgan fingerprint density at radius 1 is 1.82 bits per heavy atom. The lowest BCUT2D eigenvalue weighted by molar-refractivity contribution is 0.278. The Morgan fingerprint density at radius 2 is 2.55 bits per heavy atom. The third-order valence-electron chi connectivity index (χ3n) is 1.41. The van der Waals surface area contributed by atoms with E-state index in [-0.39, 0.29) is 5.95 Å². The highest BCUT2D eigenvalue weighted by Gasteiger charge is 2.09. The average Bonchev–Trinajstić information content (AvgIpc) is 2.36. The largest absolute Gasteiger partial charge is 0.478 e. The highest BCUT2D eigenvalue weighted by atomic mass is 16.5. The summed E-state index contributed by atoms with van der Waals surface area (Å²) in [5.74, 6) is -0.166. The van der Waals surface area contributed by atoms with Crippen LogP contribution >= 0.6 is 0 Å². The number of hydrogen-bond acceptors (Lipinski definition) is 5. The molecule has 3 N–H and O–H groups in total. The predicted molar refractivity (Wildman–Crippen MR) is 40.5 cm³/mol. The summed E-state index contributed by atoms with van der Waals surface area (Å²) in [7, 11) is 1.80. The van der Waals surface area contributed by atoms with Crippen LogP contribution in [0.3, 0.4) is 0 Å². The molecule has 1 rings (SSSR count). The Hall–Kier alpha value is -1.23. The molecule has 0 fully saturated rings. The van der Waals surface area contributed by atoms with Crippen molar-refractivity contribution in [2.75, 3.05) is 25.0 Å². The lowest BCUT2D eigenvalue weighted by Crippen LogP contribution is -2.24. The summed E-state index contributed by atoms with van der Waals surface area (Å²) >= 11 is 0. The topological polar surface area (TPSA) is 75.5 Å². The van der Waals surface area contributed by atoms with Crippen LogP contribution in [0.15, 0.2) is 10.7 Å². The number of nitrogens with zero attached hydrogens (tertiary/aromatic N) is 2. The number of likely N-dealkylation sites (N-methyl/N-ethyl adjacent to an activating group) is 1. The lowest BCUT2D eigenvalue weighted by Gasteiger charge is -2.14. The first kappa shape index (κ1) is 7.87. The molecule has 0 aliphatic rings. The van der Waals surface area contributed by atoms with Crippen molar-refractivity contribution in [1.82, 2.24) is 5.16 Å². The van der Waals surface area contributed by atoms with Gasteiger partial charge in [-0.2, -0.15) is 0 Å². The molecule has 0 amide bonds. The van der Waals surface area contributed by atoms with Gasteiger partial charge in [0.25, 0.3) is 0 Å². The van der Waals surface area contributed by atoms with Crippen LogP contribution in [0.4, 0.5) is 5.69 Å². The molecule has 0 aromatic carbocycles. The second kappa shape index (κ2) is 3.25. The second-order valence-electron chi connectivity index (χ2n) is 2.23. The van der Waals surface area contributed by atoms with E-state index in [1.807, 2.05) is 0 Å². The van der Waals surface area contributed by atoms with Gasteiger partial charge in [-0.3, -0.25) is 0 Å². The van der Waals surface area contributed by atoms with Gasteiger partial charge in [0, 0.05) is 20.1 Å². The second-order valence-corrected chi connectivity index (χ2v) is 2.23. The van der Waals surface area contributed by atoms with E-state index in [4.69, 9.17) is 10.8 Å². The molecule has 0 saturated carbocycles. The maximum atomic E-state index is 9.04. The predicted octanol–water partition coefficient (Wildman–Crippen LogP) is -0.225. The molecule has 5 heteroatoms. The molecule has 0 atom stereocenters. The van der Waals surface area contributed by atoms with E-state index in [9.17, 15) is 0 Å². The molecular formula is C6H11N3O2. The van der Waals surface area contributed by atoms with Crippen LogP contribution in [0, 0.1) is 0 Å². The van der Waals surface area contributed by atoms with E-state index < -0.39 is 0 Å². The van der Waals surface area contributed by atoms with Crippen molar-refractivity contribution in [3.8, 4) is 5.95 Å². The van der Waals surface area contributed by atoms with Crippen LogP contribution < -0.4 is 10.6 Å². The zero-order chi connectivity index (χ0) is 8.27. The third kappa shape index (κ3) is 1.62. The summed E-state index contributed by atoms with van der Waals surface area (Å²) in [4.78, 5) is 1.77. The molecule has 0 bridgehead atoms. The van der Waals surface area contributed by atoms with Crippen LogP contribution in [0.25, 0.3) is 0 Å². The minimum atomic E-state index is -0.166. The van der Waals surface area contributed by atoms with E-state index in [1.54, 1.807) is 11.9 Å². The van der Waals surface area contributed by atoms with Crippen molar-refractivity contribution in [3.05, 3.63) is 6.20 Å². The summed E-state index contributed by atoms with van der Waals surface area (Å²) in [5.41, 5.74) is 5.88. The Kier molecular flexibility index (Phi) is 2.32. The van der Waals surface area contributed by atoms with E-state index in [2.05, 4.69) is 9.68 Å². The van der Waals surface area contributed by atoms with Gasteiger partial charge in [0.05, 0.1) is 6.20 Å². The minimum absolute atomic E-state index is 0.166. The maximum Gasteiger partial charge on any atom is 0.332 e. The van der Waals surface area contributed by atoms with Crippen molar-refractivity contribution in [1.29, 1.82) is 0 Å². The van der Waals surface area contributed by atoms with Crippen molar-refractivity contribution in [2.24, 2.45) is 5.73 Å². The fourth-order valence-corrected chi connectivity index (χ4v) is 0.804. The van der Waals surface area contributed by atoms with Crippen LogP contribution in [-0.4, -0.2) is 30.4 Å². The molecule has 11 heavy (non-hydrogen) atoms. The number of nitrogens with two attached hydrogens (primary N) is 1. The first-order valence-electron chi connectivity index (χ1n) is 3.30. The van der Waals surface area contributed by atoms with Crippen molar-refractivity contribution >= 4 is 5.69 Å². The van der Waals surface area contributed by atoms with Gasteiger partial charge in [-0.25, -0.2) is 0 Å². The van der Waals surface area contributed by atoms with E-state index in [0.717, 1.165) is 0 Å². The quantitative estimate of drug-likeness (QED) is 0.634. The van der Waals surface area contributed by atoms with Crippen LogP contribution in [0.5, 0.6) is 5.95 Å². The number of rotatable bonds is 3. The number of aromatic hydroxyl groups is 1. The number of aromatic nitrogens is 1. The fraction of sp³-hybridized carbons (Fsp3) is 0.500. The van der Waals surface area contributed by atoms with Gasteiger partial charge in [-0.05, 0) is 0 Å². The Bertz CT molecular complexity index is 223. The lowest BCUT2D eigenvalue weighted by atomic mass is 10.4. The highest BCUT2D eigenvalue weighted by Crippen LogP contribution is 2.24. The van der Waals surface area contributed by atoms with Crippen molar-refractivity contribution < 1.29 is 9.63 Å². The van der Waals surface area contributed by atoms with E-state index in [0.29, 0.717) is 18.8 Å². The molecule has 0 unspecified atom stereocenters. The molecule has 0 saturated heterocycles. The molecule has 0 spiro atoms. The molecule has 1 aromatic heterocycles. The minimum Gasteiger partial charge on any atom is -0.478 e. The van der Waals surface area contributed by atoms with E-state index in [1.165, 1.54) is 6.20 Å². The first-order valence-corrected chi connectivity index (χ1v) is 3.30. The summed E-state index contributed by atoms with van der Waals surface area (Å²) < 4.78 is 4.46. The Labute approximate surface area is 64.4 Å². The SMILES string of the molecule is CN(CCN)c1cnoc1O. The third-order valence-corrected chi connectivity index (χ3v) is 1.41. The van der Waals surface area contributed by atoms with Crippen molar-refractivity contribution in [3.63, 3.8) is 0 Å². The molecule has 62 valence electrons. The summed E-state index contributed by atoms with van der Waals surface area (Å²) in [5, 5.41) is 12.5.